The number of Topliss-reactive ketones (excluding diaryl/α,β-unsaturated/α-hetero) is 2. The van der Waals surface area contributed by atoms with Gasteiger partial charge in [-0.05, 0) is 29.3 Å². The second-order valence-electron chi connectivity index (χ2n) is 11.6. The number of aliphatic hydroxyl groups is 2. The predicted octanol–water partition coefficient (Wildman–Crippen LogP) is 8.16. The molecule has 0 amide bonds. The summed E-state index contributed by atoms with van der Waals surface area (Å²) in [5, 5.41) is 24.0. The fourth-order valence-electron chi connectivity index (χ4n) is 6.14. The number of thiazole rings is 2. The third-order valence-electron chi connectivity index (χ3n) is 8.65. The number of aliphatic hydroxyl groups excluding tert-OH is 2. The maximum Gasteiger partial charge on any atom is 0.263 e. The lowest BCUT2D eigenvalue weighted by atomic mass is 9.79. The number of benzene rings is 3. The van der Waals surface area contributed by atoms with Crippen LogP contribution in [0.3, 0.4) is 0 Å². The Bertz CT molecular complexity index is 2040. The molecule has 0 saturated heterocycles. The first-order chi connectivity index (χ1) is 22.4. The van der Waals surface area contributed by atoms with Crippen LogP contribution in [-0.4, -0.2) is 21.8 Å². The molecular weight excluding hydrogens is 613 g/mol. The quantitative estimate of drug-likeness (QED) is 0.119. The first kappa shape index (κ1) is 30.0. The molecule has 3 aromatic carbocycles. The molecule has 6 nitrogen and oxygen atoms in total. The molecule has 2 N–H and O–H groups in total. The van der Waals surface area contributed by atoms with Crippen LogP contribution >= 0.6 is 22.7 Å². The minimum absolute atomic E-state index is 0.0539. The number of nitrogens with zero attached hydrogens (tertiary/aromatic N) is 2. The number of aryl methyl sites for hydroxylation is 2. The van der Waals surface area contributed by atoms with Crippen molar-refractivity contribution in [1.82, 2.24) is 0 Å². The standard InChI is InChI=1S/C38H32N2O4S2/c1-3-5-18-39-27-14-7-9-16-29(27)45-31(39)21-25-35(41)33(36(25)42)23-12-11-13-24(20-23)34-37(43)26(38(34)44)22-32-40(19-6-4-2)28-15-8-10-17-30(28)46-32/h7-17,20-22H,3-6,18-19H2,1-2H3/p+2. The van der Waals surface area contributed by atoms with Gasteiger partial charge in [-0.15, -0.1) is 0 Å². The van der Waals surface area contributed by atoms with Crippen molar-refractivity contribution in [2.24, 2.45) is 0 Å². The van der Waals surface area contributed by atoms with Gasteiger partial charge in [0.2, 0.25) is 22.6 Å². The van der Waals surface area contributed by atoms with E-state index in [4.69, 9.17) is 0 Å². The largest absolute Gasteiger partial charge is 0.506 e. The highest BCUT2D eigenvalue weighted by molar-refractivity contribution is 7.19. The van der Waals surface area contributed by atoms with Gasteiger partial charge >= 0.3 is 0 Å². The Morgan fingerprint density at radius 1 is 0.630 bits per heavy atom. The summed E-state index contributed by atoms with van der Waals surface area (Å²) < 4.78 is 6.68. The molecule has 2 aliphatic rings. The number of ketones is 2. The Balaban J connectivity index is 1.20. The predicted molar refractivity (Wildman–Crippen MR) is 185 cm³/mol. The molecule has 0 saturated carbocycles. The van der Waals surface area contributed by atoms with Crippen molar-refractivity contribution in [2.45, 2.75) is 52.6 Å². The zero-order valence-electron chi connectivity index (χ0n) is 25.7. The number of unbranched alkanes of at least 4 members (excludes halogenated alkanes) is 2. The normalized spacial score (nSPS) is 16.7. The van der Waals surface area contributed by atoms with Crippen molar-refractivity contribution in [3.8, 4) is 0 Å². The van der Waals surface area contributed by atoms with Crippen LogP contribution in [0.25, 0.3) is 43.7 Å². The summed E-state index contributed by atoms with van der Waals surface area (Å²) in [7, 11) is 0. The van der Waals surface area contributed by atoms with Crippen molar-refractivity contribution in [2.75, 3.05) is 0 Å². The van der Waals surface area contributed by atoms with E-state index in [2.05, 4.69) is 47.2 Å². The molecule has 0 atom stereocenters. The summed E-state index contributed by atoms with van der Waals surface area (Å²) in [6, 6.07) is 23.3. The van der Waals surface area contributed by atoms with Crippen LogP contribution in [0.15, 0.2) is 95.5 Å². The third-order valence-corrected chi connectivity index (χ3v) is 10.9. The van der Waals surface area contributed by atoms with Gasteiger partial charge in [-0.25, -0.2) is 0 Å². The monoisotopic (exact) mass is 646 g/mol. The summed E-state index contributed by atoms with van der Waals surface area (Å²) in [6.45, 7) is 5.96. The second-order valence-corrected chi connectivity index (χ2v) is 13.8. The number of carbonyl (C=O) groups is 2. The summed E-state index contributed by atoms with van der Waals surface area (Å²) in [5.41, 5.74) is 4.27. The van der Waals surface area contributed by atoms with Gasteiger partial charge < -0.3 is 10.2 Å². The molecule has 46 heavy (non-hydrogen) atoms. The summed E-state index contributed by atoms with van der Waals surface area (Å²) in [4.78, 5) is 26.8. The van der Waals surface area contributed by atoms with Gasteiger partial charge in [0.15, 0.2) is 13.1 Å². The topological polar surface area (TPSA) is 82.4 Å². The fraction of sp³-hybridized carbons (Fsp3) is 0.211. The highest BCUT2D eigenvalue weighted by Crippen LogP contribution is 2.41. The summed E-state index contributed by atoms with van der Waals surface area (Å²) >= 11 is 3.20. The fourth-order valence-corrected chi connectivity index (χ4v) is 8.40. The molecule has 2 heterocycles. The molecule has 7 rings (SSSR count). The number of hydrogen-bond donors (Lipinski definition) is 2. The van der Waals surface area contributed by atoms with E-state index in [1.807, 2.05) is 24.3 Å². The van der Waals surface area contributed by atoms with Gasteiger partial charge in [0, 0.05) is 37.1 Å². The zero-order valence-corrected chi connectivity index (χ0v) is 27.4. The van der Waals surface area contributed by atoms with E-state index < -0.39 is 0 Å². The van der Waals surface area contributed by atoms with Gasteiger partial charge in [-0.3, -0.25) is 9.59 Å². The second kappa shape index (κ2) is 12.3. The van der Waals surface area contributed by atoms with Crippen LogP contribution < -0.4 is 9.13 Å². The van der Waals surface area contributed by atoms with Crippen LogP contribution in [0.2, 0.25) is 0 Å². The molecule has 8 heteroatoms. The number of carbonyl (C=O) groups excluding carboxylic acids is 2. The lowest BCUT2D eigenvalue weighted by Crippen LogP contribution is -2.35. The van der Waals surface area contributed by atoms with Gasteiger partial charge in [-0.2, -0.15) is 9.13 Å². The third kappa shape index (κ3) is 5.02. The summed E-state index contributed by atoms with van der Waals surface area (Å²) in [6.07, 6.45) is 7.69. The Kier molecular flexibility index (Phi) is 8.01. The average Bonchev–Trinajstić information content (AvgIpc) is 3.61. The lowest BCUT2D eigenvalue weighted by Gasteiger charge is -2.23. The van der Waals surface area contributed by atoms with Gasteiger partial charge in [0.25, 0.3) is 10.0 Å². The van der Waals surface area contributed by atoms with E-state index >= 15 is 0 Å². The molecule has 5 aromatic rings. The van der Waals surface area contributed by atoms with E-state index in [0.717, 1.165) is 69.2 Å². The first-order valence-corrected chi connectivity index (χ1v) is 17.4. The number of aromatic nitrogens is 2. The number of hydrogen-bond acceptors (Lipinski definition) is 6. The van der Waals surface area contributed by atoms with Crippen LogP contribution in [0.5, 0.6) is 0 Å². The Labute approximate surface area is 275 Å². The van der Waals surface area contributed by atoms with E-state index in [0.29, 0.717) is 11.1 Å². The number of rotatable bonds is 10. The highest BCUT2D eigenvalue weighted by Gasteiger charge is 2.39. The number of allylic oxidation sites excluding steroid dienone is 4. The van der Waals surface area contributed by atoms with Gasteiger partial charge in [-0.1, -0.05) is 91.8 Å². The van der Waals surface area contributed by atoms with Gasteiger partial charge in [0.1, 0.15) is 20.9 Å². The molecular formula is C38H34N2O4S2+2. The minimum atomic E-state index is -0.241. The lowest BCUT2D eigenvalue weighted by molar-refractivity contribution is -0.669. The van der Waals surface area contributed by atoms with E-state index in [-0.39, 0.29) is 45.4 Å². The van der Waals surface area contributed by atoms with E-state index in [1.54, 1.807) is 59.1 Å². The highest BCUT2D eigenvalue weighted by atomic mass is 32.1. The van der Waals surface area contributed by atoms with Crippen molar-refractivity contribution in [1.29, 1.82) is 0 Å². The smallest absolute Gasteiger partial charge is 0.263 e. The Hall–Kier alpha value is -4.66. The van der Waals surface area contributed by atoms with Crippen LogP contribution in [0, 0.1) is 0 Å². The molecule has 0 unspecified atom stereocenters. The minimum Gasteiger partial charge on any atom is -0.506 e. The van der Waals surface area contributed by atoms with Crippen LogP contribution in [0.1, 0.15) is 60.7 Å². The molecule has 2 aromatic heterocycles. The molecule has 0 spiro atoms. The van der Waals surface area contributed by atoms with E-state index in [1.165, 1.54) is 0 Å². The van der Waals surface area contributed by atoms with Crippen LogP contribution in [0.4, 0.5) is 0 Å². The molecule has 0 radical (unpaired) electrons. The molecule has 0 fully saturated rings. The molecule has 230 valence electrons. The summed E-state index contributed by atoms with van der Waals surface area (Å²) in [5.74, 6) is -0.591. The van der Waals surface area contributed by atoms with Crippen LogP contribution in [-0.2, 0) is 22.7 Å². The molecule has 0 bridgehead atoms. The SMILES string of the molecule is CCCC[n+]1c(/C=C2/C(=O)C(c3cccc(C4=C(O)/C(=C\c5sc6ccccc6[n+]5CCCC)C4=O)c3)=C2O)sc2ccccc21. The maximum atomic E-state index is 13.4. The molecule has 2 aliphatic carbocycles. The van der Waals surface area contributed by atoms with Crippen molar-refractivity contribution >= 4 is 78.0 Å². The molecule has 0 aliphatic heterocycles. The number of para-hydroxylation sites is 2. The van der Waals surface area contributed by atoms with Crippen molar-refractivity contribution in [3.05, 3.63) is 117 Å². The van der Waals surface area contributed by atoms with E-state index in [9.17, 15) is 19.8 Å². The van der Waals surface area contributed by atoms with Crippen molar-refractivity contribution < 1.29 is 28.9 Å². The first-order valence-electron chi connectivity index (χ1n) is 15.7. The zero-order chi connectivity index (χ0) is 31.9. The van der Waals surface area contributed by atoms with Crippen molar-refractivity contribution in [3.63, 3.8) is 0 Å². The van der Waals surface area contributed by atoms with Gasteiger partial charge in [0.05, 0.1) is 22.3 Å². The Morgan fingerprint density at radius 3 is 1.48 bits per heavy atom. The Morgan fingerprint density at radius 2 is 1.07 bits per heavy atom. The average molecular weight is 647 g/mol. The number of fused-ring (bicyclic) bond motifs is 2. The maximum absolute atomic E-state index is 13.4.